The summed E-state index contributed by atoms with van der Waals surface area (Å²) in [4.78, 5) is 24.3. The van der Waals surface area contributed by atoms with Gasteiger partial charge in [-0.2, -0.15) is 13.2 Å². The van der Waals surface area contributed by atoms with Crippen molar-refractivity contribution in [3.8, 4) is 0 Å². The summed E-state index contributed by atoms with van der Waals surface area (Å²) in [5.74, 6) is -3.48. The predicted octanol–water partition coefficient (Wildman–Crippen LogP) is 0.554. The third kappa shape index (κ3) is 3.12. The lowest BCUT2D eigenvalue weighted by molar-refractivity contribution is -0.192. The van der Waals surface area contributed by atoms with Gasteiger partial charge >= 0.3 is 18.1 Å². The minimum absolute atomic E-state index is 0.00412. The van der Waals surface area contributed by atoms with Crippen LogP contribution in [-0.2, 0) is 9.59 Å². The Kier molecular flexibility index (Phi) is 4.20. The summed E-state index contributed by atoms with van der Waals surface area (Å²) in [5, 5.41) is 8.94. The number of halogens is 3. The highest BCUT2D eigenvalue weighted by molar-refractivity contribution is 5.87. The van der Waals surface area contributed by atoms with Crippen LogP contribution in [0.2, 0.25) is 0 Å². The number of carbonyl (C=O) groups is 2. The van der Waals surface area contributed by atoms with E-state index in [0.29, 0.717) is 11.3 Å². The fourth-order valence-electron chi connectivity index (χ4n) is 2.06. The molecule has 0 radical (unpaired) electrons. The largest absolute Gasteiger partial charge is 0.480 e. The number of alkyl halides is 3. The number of aliphatic carboxylic acids is 1. The second-order valence-electron chi connectivity index (χ2n) is 4.49. The van der Waals surface area contributed by atoms with Gasteiger partial charge in [-0.05, 0) is 26.9 Å². The molecule has 18 heavy (non-hydrogen) atoms. The first-order valence-electron chi connectivity index (χ1n) is 5.41. The van der Waals surface area contributed by atoms with Gasteiger partial charge in [0.1, 0.15) is 6.04 Å². The molecule has 1 aliphatic rings. The van der Waals surface area contributed by atoms with Crippen LogP contribution in [0.15, 0.2) is 0 Å². The predicted molar refractivity (Wildman–Crippen MR) is 55.9 cm³/mol. The van der Waals surface area contributed by atoms with Gasteiger partial charge in [-0.25, -0.2) is 4.79 Å². The van der Waals surface area contributed by atoms with E-state index in [1.807, 2.05) is 0 Å². The van der Waals surface area contributed by atoms with Crippen LogP contribution in [0.25, 0.3) is 0 Å². The summed E-state index contributed by atoms with van der Waals surface area (Å²) in [6.45, 7) is -0.196. The smallest absolute Gasteiger partial charge is 0.471 e. The molecule has 0 aromatic heterocycles. The number of carboxylic acids is 1. The first-order valence-corrected chi connectivity index (χ1v) is 5.41. The molecule has 1 N–H and O–H groups in total. The third-order valence-corrected chi connectivity index (χ3v) is 3.09. The van der Waals surface area contributed by atoms with Crippen molar-refractivity contribution >= 4 is 11.9 Å². The molecule has 0 aromatic carbocycles. The van der Waals surface area contributed by atoms with Gasteiger partial charge in [-0.3, -0.25) is 4.79 Å². The Labute approximate surface area is 102 Å². The SMILES string of the molecule is CN(C)[C@H]1CCN(C(=O)C(F)(F)F)[C@@H](C(=O)O)C1. The number of nitrogens with zero attached hydrogens (tertiary/aromatic N) is 2. The number of likely N-dealkylation sites (tertiary alicyclic amines) is 1. The van der Waals surface area contributed by atoms with Crippen LogP contribution in [0, 0.1) is 0 Å². The normalized spacial score (nSPS) is 25.3. The number of hydrogen-bond acceptors (Lipinski definition) is 3. The summed E-state index contributed by atoms with van der Waals surface area (Å²) in [5.41, 5.74) is 0. The van der Waals surface area contributed by atoms with E-state index >= 15 is 0 Å². The zero-order chi connectivity index (χ0) is 14.1. The minimum atomic E-state index is -5.03. The van der Waals surface area contributed by atoms with Gasteiger partial charge in [0.15, 0.2) is 0 Å². The molecule has 1 amide bonds. The van der Waals surface area contributed by atoms with Crippen molar-refractivity contribution in [2.24, 2.45) is 0 Å². The van der Waals surface area contributed by atoms with E-state index < -0.39 is 24.1 Å². The summed E-state index contributed by atoms with van der Waals surface area (Å²) in [6, 6.07) is -1.55. The zero-order valence-corrected chi connectivity index (χ0v) is 10.1. The van der Waals surface area contributed by atoms with E-state index in [9.17, 15) is 22.8 Å². The monoisotopic (exact) mass is 268 g/mol. The molecule has 1 rings (SSSR count). The average Bonchev–Trinajstić information content (AvgIpc) is 2.25. The van der Waals surface area contributed by atoms with E-state index in [-0.39, 0.29) is 19.0 Å². The Morgan fingerprint density at radius 1 is 1.33 bits per heavy atom. The lowest BCUT2D eigenvalue weighted by atomic mass is 9.96. The van der Waals surface area contributed by atoms with Gasteiger partial charge in [0, 0.05) is 12.6 Å². The quantitative estimate of drug-likeness (QED) is 0.794. The highest BCUT2D eigenvalue weighted by Gasteiger charge is 2.48. The maximum Gasteiger partial charge on any atom is 0.471 e. The highest BCUT2D eigenvalue weighted by Crippen LogP contribution is 2.26. The van der Waals surface area contributed by atoms with Crippen LogP contribution in [0.1, 0.15) is 12.8 Å². The number of piperidine rings is 1. The Morgan fingerprint density at radius 3 is 2.28 bits per heavy atom. The summed E-state index contributed by atoms with van der Waals surface area (Å²) >= 11 is 0. The van der Waals surface area contributed by atoms with Gasteiger partial charge in [0.05, 0.1) is 0 Å². The van der Waals surface area contributed by atoms with Crippen molar-refractivity contribution in [2.75, 3.05) is 20.6 Å². The van der Waals surface area contributed by atoms with Gasteiger partial charge in [0.2, 0.25) is 0 Å². The number of amides is 1. The molecule has 104 valence electrons. The Balaban J connectivity index is 2.87. The molecule has 0 bridgehead atoms. The van der Waals surface area contributed by atoms with Crippen LogP contribution >= 0.6 is 0 Å². The fourth-order valence-corrected chi connectivity index (χ4v) is 2.06. The maximum atomic E-state index is 12.3. The summed E-state index contributed by atoms with van der Waals surface area (Å²) < 4.78 is 37.0. The molecule has 0 aromatic rings. The van der Waals surface area contributed by atoms with Gasteiger partial charge in [0.25, 0.3) is 0 Å². The Hall–Kier alpha value is -1.31. The van der Waals surface area contributed by atoms with Gasteiger partial charge in [-0.1, -0.05) is 0 Å². The van der Waals surface area contributed by atoms with Crippen LogP contribution in [0.3, 0.4) is 0 Å². The number of hydrogen-bond donors (Lipinski definition) is 1. The molecular formula is C10H15F3N2O3. The minimum Gasteiger partial charge on any atom is -0.480 e. The van der Waals surface area contributed by atoms with Crippen molar-refractivity contribution in [1.29, 1.82) is 0 Å². The first kappa shape index (κ1) is 14.7. The second kappa shape index (κ2) is 5.13. The third-order valence-electron chi connectivity index (χ3n) is 3.09. The van der Waals surface area contributed by atoms with Gasteiger partial charge < -0.3 is 14.9 Å². The topological polar surface area (TPSA) is 60.9 Å². The molecular weight excluding hydrogens is 253 g/mol. The number of carbonyl (C=O) groups excluding carboxylic acids is 1. The molecule has 2 atom stereocenters. The summed E-state index contributed by atoms with van der Waals surface area (Å²) in [7, 11) is 3.45. The average molecular weight is 268 g/mol. The molecule has 1 fully saturated rings. The lowest BCUT2D eigenvalue weighted by Gasteiger charge is -2.39. The van der Waals surface area contributed by atoms with Crippen molar-refractivity contribution < 1.29 is 27.9 Å². The van der Waals surface area contributed by atoms with Crippen LogP contribution in [-0.4, -0.2) is 65.7 Å². The van der Waals surface area contributed by atoms with Crippen LogP contribution in [0.4, 0.5) is 13.2 Å². The van der Waals surface area contributed by atoms with E-state index in [1.54, 1.807) is 19.0 Å². The molecule has 8 heteroatoms. The van der Waals surface area contributed by atoms with Crippen LogP contribution in [0.5, 0.6) is 0 Å². The number of carboxylic acid groups (broad SMARTS) is 1. The van der Waals surface area contributed by atoms with Crippen molar-refractivity contribution in [3.05, 3.63) is 0 Å². The molecule has 5 nitrogen and oxygen atoms in total. The van der Waals surface area contributed by atoms with E-state index in [1.165, 1.54) is 0 Å². The Morgan fingerprint density at radius 2 is 1.89 bits per heavy atom. The molecule has 0 aliphatic carbocycles. The number of rotatable bonds is 2. The molecule has 0 spiro atoms. The van der Waals surface area contributed by atoms with Crippen molar-refractivity contribution in [1.82, 2.24) is 9.80 Å². The zero-order valence-electron chi connectivity index (χ0n) is 10.1. The fraction of sp³-hybridized carbons (Fsp3) is 0.800. The van der Waals surface area contributed by atoms with E-state index in [0.717, 1.165) is 0 Å². The van der Waals surface area contributed by atoms with E-state index in [4.69, 9.17) is 5.11 Å². The van der Waals surface area contributed by atoms with Crippen molar-refractivity contribution in [2.45, 2.75) is 31.1 Å². The standard InChI is InChI=1S/C10H15F3N2O3/c1-14(2)6-3-4-15(7(5-6)8(16)17)9(18)10(11,12)13/h6-7H,3-5H2,1-2H3,(H,16,17)/t6-,7+/m0/s1. The highest BCUT2D eigenvalue weighted by atomic mass is 19.4. The molecule has 1 saturated heterocycles. The maximum absolute atomic E-state index is 12.3. The van der Waals surface area contributed by atoms with Gasteiger partial charge in [-0.15, -0.1) is 0 Å². The van der Waals surface area contributed by atoms with E-state index in [2.05, 4.69) is 0 Å². The molecule has 1 heterocycles. The lowest BCUT2D eigenvalue weighted by Crippen LogP contribution is -2.56. The van der Waals surface area contributed by atoms with Crippen molar-refractivity contribution in [3.63, 3.8) is 0 Å². The summed E-state index contributed by atoms with van der Waals surface area (Å²) in [6.07, 6.45) is -4.69. The molecule has 0 unspecified atom stereocenters. The Bertz CT molecular complexity index is 344. The first-order chi connectivity index (χ1) is 8.14. The molecule has 0 saturated carbocycles. The molecule has 1 aliphatic heterocycles. The van der Waals surface area contributed by atoms with Crippen LogP contribution < -0.4 is 0 Å². The second-order valence-corrected chi connectivity index (χ2v) is 4.49.